The lowest BCUT2D eigenvalue weighted by Crippen LogP contribution is -2.09. The molecule has 3 rings (SSSR count). The van der Waals surface area contributed by atoms with Crippen LogP contribution in [0.2, 0.25) is 0 Å². The summed E-state index contributed by atoms with van der Waals surface area (Å²) in [5.41, 5.74) is 1.10. The van der Waals surface area contributed by atoms with Gasteiger partial charge in [0.1, 0.15) is 24.0 Å². The van der Waals surface area contributed by atoms with Gasteiger partial charge in [-0.05, 0) is 49.6 Å². The number of benzene rings is 2. The second kappa shape index (κ2) is 8.06. The summed E-state index contributed by atoms with van der Waals surface area (Å²) in [6.07, 6.45) is 3.56. The molecule has 0 unspecified atom stereocenters. The van der Waals surface area contributed by atoms with Crippen LogP contribution < -0.4 is 4.74 Å². The quantitative estimate of drug-likeness (QED) is 0.684. The molecule has 0 saturated heterocycles. The molecule has 1 atom stereocenters. The molecule has 0 aromatic heterocycles. The SMILES string of the molecule is O=C(CC[C@@H]1CCCC1=O)c1ccc(OCc2ccccc2F)cc1. The van der Waals surface area contributed by atoms with E-state index in [4.69, 9.17) is 4.74 Å². The minimum absolute atomic E-state index is 0.0420. The normalized spacial score (nSPS) is 16.8. The van der Waals surface area contributed by atoms with Gasteiger partial charge in [0.15, 0.2) is 5.78 Å². The van der Waals surface area contributed by atoms with Crippen LogP contribution in [0.3, 0.4) is 0 Å². The molecule has 2 aromatic rings. The van der Waals surface area contributed by atoms with Gasteiger partial charge in [0.2, 0.25) is 0 Å². The molecular formula is C21H21FO3. The summed E-state index contributed by atoms with van der Waals surface area (Å²) in [5, 5.41) is 0. The Kier molecular flexibility index (Phi) is 5.59. The lowest BCUT2D eigenvalue weighted by Gasteiger charge is -2.09. The predicted molar refractivity (Wildman–Crippen MR) is 93.1 cm³/mol. The number of rotatable bonds is 7. The Morgan fingerprint density at radius 3 is 2.56 bits per heavy atom. The van der Waals surface area contributed by atoms with Crippen molar-refractivity contribution in [1.82, 2.24) is 0 Å². The van der Waals surface area contributed by atoms with Crippen LogP contribution in [-0.2, 0) is 11.4 Å². The Bertz CT molecular complexity index is 752. The van der Waals surface area contributed by atoms with Gasteiger partial charge < -0.3 is 4.74 Å². The van der Waals surface area contributed by atoms with E-state index in [1.807, 2.05) is 0 Å². The third kappa shape index (κ3) is 4.53. The van der Waals surface area contributed by atoms with Gasteiger partial charge in [0, 0.05) is 29.9 Å². The van der Waals surface area contributed by atoms with Gasteiger partial charge in [-0.1, -0.05) is 18.2 Å². The zero-order valence-electron chi connectivity index (χ0n) is 14.0. The van der Waals surface area contributed by atoms with E-state index in [9.17, 15) is 14.0 Å². The molecular weight excluding hydrogens is 319 g/mol. The highest BCUT2D eigenvalue weighted by Crippen LogP contribution is 2.26. The number of hydrogen-bond donors (Lipinski definition) is 0. The number of hydrogen-bond acceptors (Lipinski definition) is 3. The van der Waals surface area contributed by atoms with Gasteiger partial charge in [-0.25, -0.2) is 4.39 Å². The molecule has 0 amide bonds. The highest BCUT2D eigenvalue weighted by Gasteiger charge is 2.24. The third-order valence-electron chi connectivity index (χ3n) is 4.68. The summed E-state index contributed by atoms with van der Waals surface area (Å²) in [4.78, 5) is 23.9. The molecule has 0 spiro atoms. The largest absolute Gasteiger partial charge is 0.489 e. The van der Waals surface area contributed by atoms with E-state index >= 15 is 0 Å². The van der Waals surface area contributed by atoms with Crippen LogP contribution in [0.4, 0.5) is 4.39 Å². The van der Waals surface area contributed by atoms with Gasteiger partial charge in [-0.2, -0.15) is 0 Å². The Balaban J connectivity index is 1.52. The zero-order chi connectivity index (χ0) is 17.6. The molecule has 0 aliphatic heterocycles. The average Bonchev–Trinajstić information content (AvgIpc) is 3.04. The van der Waals surface area contributed by atoms with Crippen LogP contribution in [0, 0.1) is 11.7 Å². The van der Waals surface area contributed by atoms with E-state index < -0.39 is 0 Å². The second-order valence-electron chi connectivity index (χ2n) is 6.42. The molecule has 0 bridgehead atoms. The fraction of sp³-hybridized carbons (Fsp3) is 0.333. The lowest BCUT2D eigenvalue weighted by atomic mass is 9.97. The number of halogens is 1. The molecule has 1 aliphatic carbocycles. The van der Waals surface area contributed by atoms with E-state index in [-0.39, 0.29) is 24.1 Å². The monoisotopic (exact) mass is 340 g/mol. The standard InChI is InChI=1S/C21H21FO3/c22-19-6-2-1-4-17(19)14-25-18-11-8-16(9-12-18)21(24)13-10-15-5-3-7-20(15)23/h1-2,4,6,8-9,11-12,15H,3,5,7,10,13-14H2/t15-/m0/s1. The number of carbonyl (C=O) groups excluding carboxylic acids is 2. The fourth-order valence-electron chi connectivity index (χ4n) is 3.16. The highest BCUT2D eigenvalue weighted by molar-refractivity contribution is 5.96. The van der Waals surface area contributed by atoms with Gasteiger partial charge >= 0.3 is 0 Å². The summed E-state index contributed by atoms with van der Waals surface area (Å²) < 4.78 is 19.1. The van der Waals surface area contributed by atoms with Crippen molar-refractivity contribution in [1.29, 1.82) is 0 Å². The molecule has 4 heteroatoms. The number of carbonyl (C=O) groups is 2. The Hall–Kier alpha value is -2.49. The number of Topliss-reactive ketones (excluding diaryl/α,β-unsaturated/α-hetero) is 2. The van der Waals surface area contributed by atoms with Crippen LogP contribution in [0.1, 0.15) is 48.0 Å². The van der Waals surface area contributed by atoms with Crippen molar-refractivity contribution in [3.63, 3.8) is 0 Å². The first-order valence-electron chi connectivity index (χ1n) is 8.65. The minimum Gasteiger partial charge on any atom is -0.489 e. The first-order valence-corrected chi connectivity index (χ1v) is 8.65. The van der Waals surface area contributed by atoms with Crippen molar-refractivity contribution in [2.45, 2.75) is 38.7 Å². The van der Waals surface area contributed by atoms with E-state index in [0.717, 1.165) is 12.8 Å². The van der Waals surface area contributed by atoms with Crippen molar-refractivity contribution >= 4 is 11.6 Å². The summed E-state index contributed by atoms with van der Waals surface area (Å²) in [6, 6.07) is 13.3. The summed E-state index contributed by atoms with van der Waals surface area (Å²) in [5.74, 6) is 0.693. The Labute approximate surface area is 146 Å². The average molecular weight is 340 g/mol. The van der Waals surface area contributed by atoms with Crippen LogP contribution >= 0.6 is 0 Å². The smallest absolute Gasteiger partial charge is 0.162 e. The molecule has 2 aromatic carbocycles. The van der Waals surface area contributed by atoms with Crippen LogP contribution in [0.5, 0.6) is 5.75 Å². The summed E-state index contributed by atoms with van der Waals surface area (Å²) >= 11 is 0. The highest BCUT2D eigenvalue weighted by atomic mass is 19.1. The number of ketones is 2. The maximum atomic E-state index is 13.6. The maximum absolute atomic E-state index is 13.6. The van der Waals surface area contributed by atoms with E-state index in [0.29, 0.717) is 41.9 Å². The summed E-state index contributed by atoms with van der Waals surface area (Å²) in [6.45, 7) is 0.143. The van der Waals surface area contributed by atoms with E-state index in [1.165, 1.54) is 6.07 Å². The van der Waals surface area contributed by atoms with Gasteiger partial charge in [0.05, 0.1) is 0 Å². The third-order valence-corrected chi connectivity index (χ3v) is 4.68. The molecule has 1 saturated carbocycles. The van der Waals surface area contributed by atoms with Crippen molar-refractivity contribution in [2.24, 2.45) is 5.92 Å². The first-order chi connectivity index (χ1) is 12.1. The molecule has 0 N–H and O–H groups in total. The molecule has 25 heavy (non-hydrogen) atoms. The van der Waals surface area contributed by atoms with Crippen LogP contribution in [-0.4, -0.2) is 11.6 Å². The topological polar surface area (TPSA) is 43.4 Å². The van der Waals surface area contributed by atoms with E-state index in [1.54, 1.807) is 42.5 Å². The van der Waals surface area contributed by atoms with E-state index in [2.05, 4.69) is 0 Å². The molecule has 0 radical (unpaired) electrons. The van der Waals surface area contributed by atoms with Gasteiger partial charge in [-0.15, -0.1) is 0 Å². The van der Waals surface area contributed by atoms with Gasteiger partial charge in [-0.3, -0.25) is 9.59 Å². The Morgan fingerprint density at radius 2 is 1.88 bits per heavy atom. The van der Waals surface area contributed by atoms with Crippen molar-refractivity contribution in [3.05, 3.63) is 65.5 Å². The predicted octanol–water partition coefficient (Wildman–Crippen LogP) is 4.74. The second-order valence-corrected chi connectivity index (χ2v) is 6.42. The zero-order valence-corrected chi connectivity index (χ0v) is 14.0. The van der Waals surface area contributed by atoms with Crippen molar-refractivity contribution < 1.29 is 18.7 Å². The van der Waals surface area contributed by atoms with Crippen LogP contribution in [0.15, 0.2) is 48.5 Å². The molecule has 1 aliphatic rings. The molecule has 0 heterocycles. The molecule has 3 nitrogen and oxygen atoms in total. The molecule has 1 fully saturated rings. The maximum Gasteiger partial charge on any atom is 0.162 e. The number of ether oxygens (including phenoxy) is 1. The fourth-order valence-corrected chi connectivity index (χ4v) is 3.16. The molecule has 130 valence electrons. The Morgan fingerprint density at radius 1 is 1.12 bits per heavy atom. The first kappa shape index (κ1) is 17.3. The summed E-state index contributed by atoms with van der Waals surface area (Å²) in [7, 11) is 0. The van der Waals surface area contributed by atoms with Crippen molar-refractivity contribution in [2.75, 3.05) is 0 Å². The van der Waals surface area contributed by atoms with Gasteiger partial charge in [0.25, 0.3) is 0 Å². The minimum atomic E-state index is -0.296. The lowest BCUT2D eigenvalue weighted by molar-refractivity contribution is -0.120. The van der Waals surface area contributed by atoms with Crippen LogP contribution in [0.25, 0.3) is 0 Å². The van der Waals surface area contributed by atoms with Crippen molar-refractivity contribution in [3.8, 4) is 5.75 Å².